The highest BCUT2D eigenvalue weighted by molar-refractivity contribution is 7.67. The lowest BCUT2D eigenvalue weighted by Gasteiger charge is -2.28. The van der Waals surface area contributed by atoms with Gasteiger partial charge in [-0.2, -0.15) is 0 Å². The third kappa shape index (κ3) is 2.67. The van der Waals surface area contributed by atoms with Crippen LogP contribution >= 0.6 is 7.37 Å². The van der Waals surface area contributed by atoms with Crippen LogP contribution in [0.1, 0.15) is 0 Å². The summed E-state index contributed by atoms with van der Waals surface area (Å²) in [5.74, 6) is 0.684. The molecule has 1 atom stereocenters. The van der Waals surface area contributed by atoms with Crippen LogP contribution in [0, 0.1) is 0 Å². The maximum Gasteiger partial charge on any atom is 0.280 e. The molecule has 21 heavy (non-hydrogen) atoms. The first-order chi connectivity index (χ1) is 10.2. The molecule has 1 heterocycles. The van der Waals surface area contributed by atoms with Crippen molar-refractivity contribution in [3.63, 3.8) is 0 Å². The standard InChI is InChI=1S/C17H17O3P/c1-2-11-19-12-13-21(18)17-10-6-4-8-15(17)14-7-3-5-9-16(14)20-21/h2-10H,1,11-13H2. The topological polar surface area (TPSA) is 35.5 Å². The smallest absolute Gasteiger partial charge is 0.280 e. The Hall–Kier alpha value is -1.83. The molecule has 2 aromatic carbocycles. The second kappa shape index (κ2) is 5.88. The fraction of sp³-hybridized carbons (Fsp3) is 0.176. The van der Waals surface area contributed by atoms with Crippen LogP contribution < -0.4 is 9.83 Å². The summed E-state index contributed by atoms with van der Waals surface area (Å²) >= 11 is 0. The molecule has 0 amide bonds. The predicted molar refractivity (Wildman–Crippen MR) is 85.6 cm³/mol. The van der Waals surface area contributed by atoms with Gasteiger partial charge in [0.2, 0.25) is 0 Å². The van der Waals surface area contributed by atoms with E-state index >= 15 is 0 Å². The first kappa shape index (κ1) is 14.1. The molecular weight excluding hydrogens is 283 g/mol. The number of ether oxygens (including phenoxy) is 1. The van der Waals surface area contributed by atoms with Gasteiger partial charge >= 0.3 is 0 Å². The lowest BCUT2D eigenvalue weighted by molar-refractivity contribution is 0.178. The highest BCUT2D eigenvalue weighted by atomic mass is 31.2. The zero-order valence-electron chi connectivity index (χ0n) is 11.7. The molecule has 0 bridgehead atoms. The lowest BCUT2D eigenvalue weighted by Crippen LogP contribution is -2.21. The van der Waals surface area contributed by atoms with E-state index < -0.39 is 7.37 Å². The minimum Gasteiger partial charge on any atom is -0.439 e. The molecule has 0 fully saturated rings. The van der Waals surface area contributed by atoms with Crippen LogP contribution in [0.2, 0.25) is 0 Å². The molecule has 3 rings (SSSR count). The molecule has 1 aliphatic rings. The summed E-state index contributed by atoms with van der Waals surface area (Å²) in [6.45, 7) is 4.45. The summed E-state index contributed by atoms with van der Waals surface area (Å²) in [5, 5.41) is 0.783. The van der Waals surface area contributed by atoms with Crippen LogP contribution in [-0.2, 0) is 9.30 Å². The van der Waals surface area contributed by atoms with E-state index in [0.717, 1.165) is 16.4 Å². The maximum absolute atomic E-state index is 13.3. The second-order valence-electron chi connectivity index (χ2n) is 4.87. The molecule has 0 N–H and O–H groups in total. The third-order valence-corrected chi connectivity index (χ3v) is 5.85. The Kier molecular flexibility index (Phi) is 3.96. The van der Waals surface area contributed by atoms with Gasteiger partial charge in [0, 0.05) is 5.56 Å². The zero-order chi connectivity index (χ0) is 14.7. The highest BCUT2D eigenvalue weighted by Gasteiger charge is 2.35. The van der Waals surface area contributed by atoms with E-state index in [2.05, 4.69) is 6.58 Å². The molecule has 4 heteroatoms. The molecule has 2 aromatic rings. The van der Waals surface area contributed by atoms with Gasteiger partial charge in [-0.05, 0) is 17.7 Å². The Morgan fingerprint density at radius 1 is 1.10 bits per heavy atom. The molecule has 1 unspecified atom stereocenters. The Balaban J connectivity index is 1.97. The van der Waals surface area contributed by atoms with Crippen molar-refractivity contribution in [2.45, 2.75) is 0 Å². The summed E-state index contributed by atoms with van der Waals surface area (Å²) in [6, 6.07) is 15.4. The maximum atomic E-state index is 13.3. The minimum atomic E-state index is -2.94. The van der Waals surface area contributed by atoms with Crippen molar-refractivity contribution in [2.75, 3.05) is 19.4 Å². The quantitative estimate of drug-likeness (QED) is 0.478. The summed E-state index contributed by atoms with van der Waals surface area (Å²) in [4.78, 5) is 0. The Bertz CT molecular complexity index is 709. The third-order valence-electron chi connectivity index (χ3n) is 3.46. The average Bonchev–Trinajstić information content (AvgIpc) is 2.52. The van der Waals surface area contributed by atoms with E-state index in [1.807, 2.05) is 48.5 Å². The van der Waals surface area contributed by atoms with Crippen molar-refractivity contribution < 1.29 is 13.8 Å². The normalized spacial score (nSPS) is 19.2. The first-order valence-corrected chi connectivity index (χ1v) is 8.72. The molecule has 108 valence electrons. The molecule has 1 aliphatic heterocycles. The molecule has 0 saturated heterocycles. The van der Waals surface area contributed by atoms with Crippen LogP contribution in [0.5, 0.6) is 5.75 Å². The van der Waals surface area contributed by atoms with E-state index in [-0.39, 0.29) is 0 Å². The van der Waals surface area contributed by atoms with Crippen molar-refractivity contribution in [1.29, 1.82) is 0 Å². The van der Waals surface area contributed by atoms with Crippen LogP contribution in [0.15, 0.2) is 61.2 Å². The van der Waals surface area contributed by atoms with E-state index in [1.165, 1.54) is 0 Å². The molecule has 0 aliphatic carbocycles. The van der Waals surface area contributed by atoms with Crippen molar-refractivity contribution in [2.24, 2.45) is 0 Å². The fourth-order valence-electron chi connectivity index (χ4n) is 2.49. The van der Waals surface area contributed by atoms with Crippen LogP contribution in [-0.4, -0.2) is 19.4 Å². The molecule has 0 saturated carbocycles. The number of fused-ring (bicyclic) bond motifs is 3. The zero-order valence-corrected chi connectivity index (χ0v) is 12.6. The summed E-state index contributed by atoms with van der Waals surface area (Å²) < 4.78 is 24.5. The number of rotatable bonds is 5. The summed E-state index contributed by atoms with van der Waals surface area (Å²) in [5.41, 5.74) is 1.98. The van der Waals surface area contributed by atoms with E-state index in [0.29, 0.717) is 25.1 Å². The monoisotopic (exact) mass is 300 g/mol. The summed E-state index contributed by atoms with van der Waals surface area (Å²) in [7, 11) is -2.94. The van der Waals surface area contributed by atoms with Gasteiger partial charge in [-0.25, -0.2) is 0 Å². The van der Waals surface area contributed by atoms with Gasteiger partial charge in [-0.1, -0.05) is 42.5 Å². The molecule has 0 aromatic heterocycles. The molecule has 3 nitrogen and oxygen atoms in total. The number of para-hydroxylation sites is 1. The van der Waals surface area contributed by atoms with Gasteiger partial charge in [-0.3, -0.25) is 4.57 Å². The van der Waals surface area contributed by atoms with Gasteiger partial charge < -0.3 is 9.26 Å². The highest BCUT2D eigenvalue weighted by Crippen LogP contribution is 2.54. The lowest BCUT2D eigenvalue weighted by atomic mass is 10.0. The van der Waals surface area contributed by atoms with Crippen LogP contribution in [0.25, 0.3) is 11.1 Å². The van der Waals surface area contributed by atoms with E-state index in [9.17, 15) is 4.57 Å². The fourth-order valence-corrected chi connectivity index (χ4v) is 4.64. The second-order valence-corrected chi connectivity index (χ2v) is 7.32. The van der Waals surface area contributed by atoms with Crippen molar-refractivity contribution in [1.82, 2.24) is 0 Å². The van der Waals surface area contributed by atoms with Gasteiger partial charge in [0.05, 0.1) is 24.7 Å². The van der Waals surface area contributed by atoms with E-state index in [4.69, 9.17) is 9.26 Å². The van der Waals surface area contributed by atoms with Crippen LogP contribution in [0.3, 0.4) is 0 Å². The van der Waals surface area contributed by atoms with Crippen molar-refractivity contribution >= 4 is 12.7 Å². The first-order valence-electron chi connectivity index (χ1n) is 6.91. The Morgan fingerprint density at radius 2 is 1.81 bits per heavy atom. The van der Waals surface area contributed by atoms with Gasteiger partial charge in [0.15, 0.2) is 0 Å². The van der Waals surface area contributed by atoms with Gasteiger partial charge in [0.1, 0.15) is 5.75 Å². The molecule has 0 spiro atoms. The average molecular weight is 300 g/mol. The Labute approximate surface area is 124 Å². The van der Waals surface area contributed by atoms with Gasteiger partial charge in [0.25, 0.3) is 7.37 Å². The predicted octanol–water partition coefficient (Wildman–Crippen LogP) is 3.85. The minimum absolute atomic E-state index is 0.367. The van der Waals surface area contributed by atoms with Gasteiger partial charge in [-0.15, -0.1) is 6.58 Å². The number of hydrogen-bond donors (Lipinski definition) is 0. The molecular formula is C17H17O3P. The largest absolute Gasteiger partial charge is 0.439 e. The van der Waals surface area contributed by atoms with Crippen LogP contribution in [0.4, 0.5) is 0 Å². The number of hydrogen-bond acceptors (Lipinski definition) is 3. The molecule has 0 radical (unpaired) electrons. The van der Waals surface area contributed by atoms with E-state index in [1.54, 1.807) is 6.08 Å². The Morgan fingerprint density at radius 3 is 2.62 bits per heavy atom. The summed E-state index contributed by atoms with van der Waals surface area (Å²) in [6.07, 6.45) is 2.05. The van der Waals surface area contributed by atoms with Crippen molar-refractivity contribution in [3.05, 3.63) is 61.2 Å². The SMILES string of the molecule is C=CCOCCP1(=O)Oc2ccccc2-c2ccccc21. The number of benzene rings is 2. The van der Waals surface area contributed by atoms with Crippen molar-refractivity contribution in [3.8, 4) is 16.9 Å².